The van der Waals surface area contributed by atoms with Crippen LogP contribution in [0.5, 0.6) is 0 Å². The molecule has 1 rings (SSSR count). The van der Waals surface area contributed by atoms with E-state index in [0.29, 0.717) is 6.41 Å². The molecule has 0 heterocycles. The van der Waals surface area contributed by atoms with Crippen LogP contribution in [0.3, 0.4) is 0 Å². The number of alkyl halides is 1. The van der Waals surface area contributed by atoms with Crippen LogP contribution in [0, 0.1) is 6.92 Å². The maximum absolute atomic E-state index is 10.2. The molecule has 0 aliphatic heterocycles. The second kappa shape index (κ2) is 5.72. The number of hydrogen-bond acceptors (Lipinski definition) is 3. The quantitative estimate of drug-likeness (QED) is 0.485. The first kappa shape index (κ1) is 12.0. The molecule has 5 heteroatoms. The highest BCUT2D eigenvalue weighted by Gasteiger charge is 2.07. The molecular formula is C10H14BrN3O. The Morgan fingerprint density at radius 3 is 2.87 bits per heavy atom. The van der Waals surface area contributed by atoms with Gasteiger partial charge in [-0.25, -0.2) is 0 Å². The van der Waals surface area contributed by atoms with Crippen molar-refractivity contribution in [2.75, 3.05) is 12.1 Å². The Bertz CT molecular complexity index is 343. The fourth-order valence-electron chi connectivity index (χ4n) is 1.36. The first-order valence-electron chi connectivity index (χ1n) is 4.53. The van der Waals surface area contributed by atoms with Crippen LogP contribution in [0.15, 0.2) is 18.2 Å². The van der Waals surface area contributed by atoms with Crippen LogP contribution in [0.2, 0.25) is 0 Å². The Hall–Kier alpha value is -1.07. The first-order valence-corrected chi connectivity index (χ1v) is 5.66. The lowest BCUT2D eigenvalue weighted by Gasteiger charge is -2.22. The van der Waals surface area contributed by atoms with Crippen LogP contribution in [0.25, 0.3) is 0 Å². The molecule has 0 aromatic heterocycles. The Balaban J connectivity index is 2.91. The maximum atomic E-state index is 10.2. The van der Waals surface area contributed by atoms with Gasteiger partial charge in [0.2, 0.25) is 6.41 Å². The summed E-state index contributed by atoms with van der Waals surface area (Å²) >= 11 is 3.45. The zero-order valence-electron chi connectivity index (χ0n) is 8.75. The minimum atomic E-state index is 0.597. The lowest BCUT2D eigenvalue weighted by atomic mass is 10.1. The maximum Gasteiger partial charge on any atom is 0.222 e. The van der Waals surface area contributed by atoms with Crippen molar-refractivity contribution < 1.29 is 4.79 Å². The largest absolute Gasteiger partial charge is 0.294 e. The third kappa shape index (κ3) is 2.94. The summed E-state index contributed by atoms with van der Waals surface area (Å²) in [4.78, 5) is 10.2. The van der Waals surface area contributed by atoms with Gasteiger partial charge in [0.1, 0.15) is 0 Å². The smallest absolute Gasteiger partial charge is 0.222 e. The third-order valence-electron chi connectivity index (χ3n) is 2.17. The number of aryl methyl sites for hydroxylation is 1. The summed E-state index contributed by atoms with van der Waals surface area (Å²) in [5, 5.41) is 2.54. The van der Waals surface area contributed by atoms with Gasteiger partial charge < -0.3 is 0 Å². The third-order valence-corrected chi connectivity index (χ3v) is 2.73. The van der Waals surface area contributed by atoms with E-state index in [0.717, 1.165) is 11.0 Å². The van der Waals surface area contributed by atoms with Crippen LogP contribution in [0.4, 0.5) is 5.69 Å². The molecule has 1 aromatic carbocycles. The summed E-state index contributed by atoms with van der Waals surface area (Å²) in [7, 11) is 1.84. The van der Waals surface area contributed by atoms with Gasteiger partial charge in [0, 0.05) is 12.4 Å². The zero-order chi connectivity index (χ0) is 11.3. The fraction of sp³-hybridized carbons (Fsp3) is 0.300. The summed E-state index contributed by atoms with van der Waals surface area (Å²) in [6.07, 6.45) is 0.597. The highest BCUT2D eigenvalue weighted by atomic mass is 79.9. The molecule has 0 saturated heterocycles. The summed E-state index contributed by atoms with van der Waals surface area (Å²) < 4.78 is 0. The number of nitrogens with zero attached hydrogens (tertiary/aromatic N) is 1. The predicted octanol–water partition coefficient (Wildman–Crippen LogP) is 1.49. The molecule has 1 amide bonds. The average molecular weight is 272 g/mol. The summed E-state index contributed by atoms with van der Waals surface area (Å²) in [5.41, 5.74) is 8.58. The van der Waals surface area contributed by atoms with Gasteiger partial charge in [-0.15, -0.1) is 5.53 Å². The fourth-order valence-corrected chi connectivity index (χ4v) is 2.09. The van der Waals surface area contributed by atoms with Gasteiger partial charge in [-0.2, -0.15) is 0 Å². The second-order valence-electron chi connectivity index (χ2n) is 3.14. The molecule has 0 bridgehead atoms. The van der Waals surface area contributed by atoms with Crippen molar-refractivity contribution >= 4 is 28.0 Å². The van der Waals surface area contributed by atoms with Crippen molar-refractivity contribution in [1.29, 1.82) is 0 Å². The molecule has 82 valence electrons. The van der Waals surface area contributed by atoms with Crippen LogP contribution in [-0.4, -0.2) is 13.5 Å². The monoisotopic (exact) mass is 271 g/mol. The molecule has 15 heavy (non-hydrogen) atoms. The van der Waals surface area contributed by atoms with Crippen LogP contribution in [0.1, 0.15) is 11.1 Å². The van der Waals surface area contributed by atoms with Crippen molar-refractivity contribution in [2.24, 2.45) is 0 Å². The van der Waals surface area contributed by atoms with E-state index in [-0.39, 0.29) is 0 Å². The van der Waals surface area contributed by atoms with E-state index in [9.17, 15) is 4.79 Å². The number of amides is 1. The first-order chi connectivity index (χ1) is 7.20. The molecule has 0 aliphatic rings. The number of hydrazine groups is 2. The molecular weight excluding hydrogens is 258 g/mol. The number of carbonyl (C=O) groups is 1. The number of anilines is 1. The van der Waals surface area contributed by atoms with Crippen molar-refractivity contribution in [2.45, 2.75) is 12.3 Å². The highest BCUT2D eigenvalue weighted by Crippen LogP contribution is 2.23. The van der Waals surface area contributed by atoms with Crippen molar-refractivity contribution in [3.8, 4) is 0 Å². The van der Waals surface area contributed by atoms with Crippen LogP contribution in [-0.2, 0) is 10.1 Å². The summed E-state index contributed by atoms with van der Waals surface area (Å²) in [6, 6.07) is 6.03. The van der Waals surface area contributed by atoms with Gasteiger partial charge in [-0.1, -0.05) is 28.1 Å². The van der Waals surface area contributed by atoms with Gasteiger partial charge in [0.25, 0.3) is 0 Å². The Morgan fingerprint density at radius 1 is 1.53 bits per heavy atom. The Morgan fingerprint density at radius 2 is 2.27 bits per heavy atom. The van der Waals surface area contributed by atoms with E-state index in [1.807, 2.05) is 19.2 Å². The summed E-state index contributed by atoms with van der Waals surface area (Å²) in [5.74, 6) is 0. The van der Waals surface area contributed by atoms with Crippen LogP contribution < -0.4 is 16.0 Å². The molecule has 0 unspecified atom stereocenters. The Kier molecular flexibility index (Phi) is 4.58. The van der Waals surface area contributed by atoms with Crippen LogP contribution >= 0.6 is 15.9 Å². The molecule has 2 N–H and O–H groups in total. The van der Waals surface area contributed by atoms with E-state index in [1.165, 1.54) is 11.1 Å². The van der Waals surface area contributed by atoms with E-state index in [1.54, 1.807) is 5.01 Å². The number of rotatable bonds is 5. The second-order valence-corrected chi connectivity index (χ2v) is 3.70. The van der Waals surface area contributed by atoms with E-state index in [2.05, 4.69) is 39.9 Å². The molecule has 0 atom stereocenters. The topological polar surface area (TPSA) is 44.4 Å². The predicted molar refractivity (Wildman–Crippen MR) is 64.5 cm³/mol. The van der Waals surface area contributed by atoms with Crippen molar-refractivity contribution in [1.82, 2.24) is 11.0 Å². The van der Waals surface area contributed by atoms with Gasteiger partial charge in [-0.05, 0) is 24.1 Å². The molecule has 0 saturated carbocycles. The SMILES string of the molecule is Cc1cccc(N(C)NNC=O)c1CBr. The summed E-state index contributed by atoms with van der Waals surface area (Å²) in [6.45, 7) is 2.06. The van der Waals surface area contributed by atoms with E-state index < -0.39 is 0 Å². The van der Waals surface area contributed by atoms with Gasteiger partial charge in [0.05, 0.1) is 5.69 Å². The number of benzene rings is 1. The molecule has 0 spiro atoms. The van der Waals surface area contributed by atoms with Gasteiger partial charge in [0.15, 0.2) is 0 Å². The van der Waals surface area contributed by atoms with E-state index in [4.69, 9.17) is 0 Å². The molecule has 4 nitrogen and oxygen atoms in total. The number of carbonyl (C=O) groups excluding carboxylic acids is 1. The molecule has 0 fully saturated rings. The minimum absolute atomic E-state index is 0.597. The normalized spacial score (nSPS) is 9.80. The lowest BCUT2D eigenvalue weighted by Crippen LogP contribution is -2.44. The molecule has 0 aliphatic carbocycles. The molecule has 1 aromatic rings. The highest BCUT2D eigenvalue weighted by molar-refractivity contribution is 9.08. The number of nitrogens with one attached hydrogen (secondary N) is 2. The van der Waals surface area contributed by atoms with Gasteiger partial charge >= 0.3 is 0 Å². The van der Waals surface area contributed by atoms with Gasteiger partial charge in [-0.3, -0.25) is 15.2 Å². The lowest BCUT2D eigenvalue weighted by molar-refractivity contribution is -0.110. The zero-order valence-corrected chi connectivity index (χ0v) is 10.3. The minimum Gasteiger partial charge on any atom is -0.294 e. The number of hydrogen-bond donors (Lipinski definition) is 2. The average Bonchev–Trinajstić information content (AvgIpc) is 2.25. The number of halogens is 1. The standard InChI is InChI=1S/C10H14BrN3O/c1-8-4-3-5-10(9(8)6-11)14(2)13-12-7-15/h3-5,7,13H,6H2,1-2H3,(H,12,15). The van der Waals surface area contributed by atoms with Crippen molar-refractivity contribution in [3.05, 3.63) is 29.3 Å². The van der Waals surface area contributed by atoms with E-state index >= 15 is 0 Å². The molecule has 0 radical (unpaired) electrons. The Labute approximate surface area is 97.7 Å². The van der Waals surface area contributed by atoms with Crippen molar-refractivity contribution in [3.63, 3.8) is 0 Å².